The molecule has 0 radical (unpaired) electrons. The highest BCUT2D eigenvalue weighted by Gasteiger charge is 2.33. The molecule has 2 heterocycles. The number of aromatic nitrogens is 2. The van der Waals surface area contributed by atoms with E-state index in [1.54, 1.807) is 6.33 Å². The summed E-state index contributed by atoms with van der Waals surface area (Å²) in [6, 6.07) is 8.56. The first kappa shape index (κ1) is 21.0. The molecule has 0 fully saturated rings. The number of thiophene rings is 1. The number of hydrogen-bond donors (Lipinski definition) is 1. The predicted molar refractivity (Wildman–Crippen MR) is 129 cm³/mol. The van der Waals surface area contributed by atoms with Crippen molar-refractivity contribution in [1.82, 2.24) is 9.97 Å². The summed E-state index contributed by atoms with van der Waals surface area (Å²) in [5.41, 5.74) is 7.41. The van der Waals surface area contributed by atoms with Gasteiger partial charge in [0, 0.05) is 4.88 Å². The van der Waals surface area contributed by atoms with Crippen LogP contribution in [0.4, 0.5) is 5.82 Å². The maximum atomic E-state index is 4.56. The van der Waals surface area contributed by atoms with Crippen molar-refractivity contribution < 1.29 is 0 Å². The van der Waals surface area contributed by atoms with Crippen LogP contribution >= 0.6 is 11.3 Å². The first-order chi connectivity index (χ1) is 14.4. The van der Waals surface area contributed by atoms with Gasteiger partial charge in [-0.25, -0.2) is 9.97 Å². The first-order valence-corrected chi connectivity index (χ1v) is 11.8. The van der Waals surface area contributed by atoms with E-state index in [0.29, 0.717) is 17.3 Å². The van der Waals surface area contributed by atoms with Crippen molar-refractivity contribution in [2.24, 2.45) is 16.4 Å². The van der Waals surface area contributed by atoms with E-state index >= 15 is 0 Å². The molecule has 0 amide bonds. The molecular formula is C25H32N4S. The molecule has 0 saturated heterocycles. The Balaban J connectivity index is 1.59. The van der Waals surface area contributed by atoms with Gasteiger partial charge in [-0.15, -0.1) is 11.3 Å². The number of rotatable bonds is 6. The number of hydrogen-bond acceptors (Lipinski definition) is 5. The summed E-state index contributed by atoms with van der Waals surface area (Å²) in [5.74, 6) is 2.06. The minimum atomic E-state index is 0.357. The van der Waals surface area contributed by atoms with Crippen LogP contribution in [0.15, 0.2) is 35.7 Å². The number of fused-ring (bicyclic) bond motifs is 3. The fourth-order valence-electron chi connectivity index (χ4n) is 4.28. The van der Waals surface area contributed by atoms with Crippen LogP contribution in [0.3, 0.4) is 0 Å². The molecule has 158 valence electrons. The molecule has 1 aliphatic carbocycles. The lowest BCUT2D eigenvalue weighted by atomic mass is 9.69. The van der Waals surface area contributed by atoms with Gasteiger partial charge in [-0.2, -0.15) is 5.10 Å². The van der Waals surface area contributed by atoms with Crippen LogP contribution in [0.2, 0.25) is 0 Å². The summed E-state index contributed by atoms with van der Waals surface area (Å²) in [6.45, 7) is 11.5. The van der Waals surface area contributed by atoms with E-state index in [4.69, 9.17) is 0 Å². The molecule has 1 N–H and O–H groups in total. The van der Waals surface area contributed by atoms with Gasteiger partial charge in [0.25, 0.3) is 0 Å². The Bertz CT molecular complexity index is 1050. The second-order valence-corrected chi connectivity index (χ2v) is 10.5. The zero-order valence-electron chi connectivity index (χ0n) is 18.7. The van der Waals surface area contributed by atoms with Gasteiger partial charge in [0.2, 0.25) is 0 Å². The van der Waals surface area contributed by atoms with Crippen LogP contribution in [0, 0.1) is 11.3 Å². The lowest BCUT2D eigenvalue weighted by molar-refractivity contribution is 0.184. The van der Waals surface area contributed by atoms with Crippen LogP contribution < -0.4 is 5.43 Å². The summed E-state index contributed by atoms with van der Waals surface area (Å²) >= 11 is 1.83. The lowest BCUT2D eigenvalue weighted by Crippen LogP contribution is -2.28. The predicted octanol–water partition coefficient (Wildman–Crippen LogP) is 6.80. The number of nitrogens with one attached hydrogen (secondary N) is 1. The van der Waals surface area contributed by atoms with Crippen LogP contribution in [0.5, 0.6) is 0 Å². The van der Waals surface area contributed by atoms with Crippen LogP contribution in [0.1, 0.15) is 74.9 Å². The molecule has 1 atom stereocenters. The van der Waals surface area contributed by atoms with E-state index < -0.39 is 0 Å². The van der Waals surface area contributed by atoms with Crippen molar-refractivity contribution in [2.75, 3.05) is 5.43 Å². The van der Waals surface area contributed by atoms with Gasteiger partial charge in [0.1, 0.15) is 11.2 Å². The Morgan fingerprint density at radius 2 is 2.00 bits per heavy atom. The molecule has 4 nitrogen and oxygen atoms in total. The van der Waals surface area contributed by atoms with E-state index in [2.05, 4.69) is 79.4 Å². The minimum absolute atomic E-state index is 0.357. The first-order valence-electron chi connectivity index (χ1n) is 11.0. The van der Waals surface area contributed by atoms with Gasteiger partial charge in [0.15, 0.2) is 5.82 Å². The largest absolute Gasteiger partial charge is 0.261 e. The van der Waals surface area contributed by atoms with Crippen molar-refractivity contribution in [2.45, 2.75) is 66.2 Å². The zero-order valence-corrected chi connectivity index (χ0v) is 19.5. The van der Waals surface area contributed by atoms with Gasteiger partial charge >= 0.3 is 0 Å². The average Bonchev–Trinajstić information content (AvgIpc) is 3.12. The molecule has 0 saturated carbocycles. The number of benzene rings is 1. The maximum absolute atomic E-state index is 4.56. The highest BCUT2D eigenvalue weighted by Crippen LogP contribution is 2.45. The molecule has 1 aliphatic rings. The lowest BCUT2D eigenvalue weighted by Gasteiger charge is -2.36. The molecule has 4 rings (SSSR count). The van der Waals surface area contributed by atoms with E-state index in [0.717, 1.165) is 29.1 Å². The van der Waals surface area contributed by atoms with Crippen molar-refractivity contribution >= 4 is 33.6 Å². The van der Waals surface area contributed by atoms with E-state index in [9.17, 15) is 0 Å². The SMILES string of the molecule is CCC(C)(C)[C@@H]1CCc2sc3ncnc(N/N=C/c4ccc(C(C)C)cc4)c3c2C1. The average molecular weight is 421 g/mol. The standard InChI is InChI=1S/C25H32N4S/c1-6-25(4,5)19-11-12-21-20(13-19)22-23(26-15-27-24(22)30-21)29-28-14-17-7-9-18(10-8-17)16(2)3/h7-10,14-16,19H,6,11-13H2,1-5H3,(H,26,27,29)/b28-14+/t19-/m1/s1. The maximum Gasteiger partial charge on any atom is 0.158 e. The zero-order chi connectivity index (χ0) is 21.3. The summed E-state index contributed by atoms with van der Waals surface area (Å²) < 4.78 is 0. The van der Waals surface area contributed by atoms with E-state index in [1.165, 1.54) is 34.2 Å². The highest BCUT2D eigenvalue weighted by atomic mass is 32.1. The summed E-state index contributed by atoms with van der Waals surface area (Å²) in [6.07, 6.45) is 8.23. The third-order valence-electron chi connectivity index (χ3n) is 6.84. The topological polar surface area (TPSA) is 50.2 Å². The molecule has 1 aromatic carbocycles. The number of aryl methyl sites for hydroxylation is 1. The molecule has 2 aromatic heterocycles. The number of nitrogens with zero attached hydrogens (tertiary/aromatic N) is 3. The minimum Gasteiger partial charge on any atom is -0.261 e. The summed E-state index contributed by atoms with van der Waals surface area (Å²) in [4.78, 5) is 11.6. The second kappa shape index (κ2) is 8.46. The Morgan fingerprint density at radius 3 is 2.70 bits per heavy atom. The fourth-order valence-corrected chi connectivity index (χ4v) is 5.47. The molecule has 0 spiro atoms. The Labute approximate surface area is 183 Å². The van der Waals surface area contributed by atoms with Crippen LogP contribution in [-0.2, 0) is 12.8 Å². The normalized spacial score (nSPS) is 17.1. The van der Waals surface area contributed by atoms with Crippen LogP contribution in [-0.4, -0.2) is 16.2 Å². The molecule has 30 heavy (non-hydrogen) atoms. The highest BCUT2D eigenvalue weighted by molar-refractivity contribution is 7.19. The fraction of sp³-hybridized carbons (Fsp3) is 0.480. The third kappa shape index (κ3) is 4.13. The Morgan fingerprint density at radius 1 is 1.23 bits per heavy atom. The van der Waals surface area contributed by atoms with Crippen molar-refractivity contribution in [3.63, 3.8) is 0 Å². The van der Waals surface area contributed by atoms with Crippen LogP contribution in [0.25, 0.3) is 10.2 Å². The monoisotopic (exact) mass is 420 g/mol. The third-order valence-corrected chi connectivity index (χ3v) is 8.04. The molecule has 5 heteroatoms. The summed E-state index contributed by atoms with van der Waals surface area (Å²) in [7, 11) is 0. The van der Waals surface area contributed by atoms with Crippen molar-refractivity contribution in [1.29, 1.82) is 0 Å². The van der Waals surface area contributed by atoms with Gasteiger partial charge in [0.05, 0.1) is 11.6 Å². The Kier molecular flexibility index (Phi) is 5.92. The number of hydrazone groups is 1. The Hall–Kier alpha value is -2.27. The van der Waals surface area contributed by atoms with E-state index in [-0.39, 0.29) is 0 Å². The van der Waals surface area contributed by atoms with Crippen molar-refractivity contribution in [3.05, 3.63) is 52.2 Å². The molecule has 3 aromatic rings. The second-order valence-electron chi connectivity index (χ2n) is 9.38. The quantitative estimate of drug-likeness (QED) is 0.352. The smallest absolute Gasteiger partial charge is 0.158 e. The van der Waals surface area contributed by atoms with Gasteiger partial charge in [-0.05, 0) is 53.2 Å². The summed E-state index contributed by atoms with van der Waals surface area (Å²) in [5, 5.41) is 5.66. The van der Waals surface area contributed by atoms with Gasteiger partial charge < -0.3 is 0 Å². The van der Waals surface area contributed by atoms with E-state index in [1.807, 2.05) is 17.6 Å². The van der Waals surface area contributed by atoms with Crippen molar-refractivity contribution in [3.8, 4) is 0 Å². The number of anilines is 1. The molecule has 0 bridgehead atoms. The van der Waals surface area contributed by atoms with Gasteiger partial charge in [-0.3, -0.25) is 5.43 Å². The molecule has 0 aliphatic heterocycles. The molecule has 0 unspecified atom stereocenters. The molecular weight excluding hydrogens is 388 g/mol. The van der Waals surface area contributed by atoms with Gasteiger partial charge in [-0.1, -0.05) is 65.3 Å².